The molecule has 0 bridgehead atoms. The molecule has 0 aliphatic carbocycles. The van der Waals surface area contributed by atoms with E-state index in [1.807, 2.05) is 6.07 Å². The SMILES string of the molecule is COc1ccc(S(=O)(=O)CC(NC(C)=O)C(=O)OCc2ccccc2)cc1. The van der Waals surface area contributed by atoms with E-state index in [4.69, 9.17) is 9.47 Å². The fourth-order valence-corrected chi connectivity index (χ4v) is 3.74. The Morgan fingerprint density at radius 1 is 1.04 bits per heavy atom. The van der Waals surface area contributed by atoms with Crippen LogP contribution in [0.4, 0.5) is 0 Å². The van der Waals surface area contributed by atoms with Crippen LogP contribution in [0.2, 0.25) is 0 Å². The number of carbonyl (C=O) groups is 2. The van der Waals surface area contributed by atoms with Crippen molar-refractivity contribution in [3.63, 3.8) is 0 Å². The Balaban J connectivity index is 2.11. The molecule has 0 radical (unpaired) electrons. The lowest BCUT2D eigenvalue weighted by atomic mass is 10.2. The van der Waals surface area contributed by atoms with Crippen LogP contribution in [0.3, 0.4) is 0 Å². The number of amides is 1. The molecule has 0 heterocycles. The van der Waals surface area contributed by atoms with E-state index in [9.17, 15) is 18.0 Å². The first-order valence-corrected chi connectivity index (χ1v) is 9.81. The molecule has 0 aliphatic heterocycles. The van der Waals surface area contributed by atoms with Crippen molar-refractivity contribution < 1.29 is 27.5 Å². The van der Waals surface area contributed by atoms with Gasteiger partial charge in [0.15, 0.2) is 9.84 Å². The van der Waals surface area contributed by atoms with E-state index < -0.39 is 33.5 Å². The van der Waals surface area contributed by atoms with Crippen molar-refractivity contribution >= 4 is 21.7 Å². The molecule has 7 nitrogen and oxygen atoms in total. The number of benzene rings is 2. The smallest absolute Gasteiger partial charge is 0.330 e. The molecule has 0 aromatic heterocycles. The van der Waals surface area contributed by atoms with Gasteiger partial charge < -0.3 is 14.8 Å². The van der Waals surface area contributed by atoms with Gasteiger partial charge in [0.2, 0.25) is 5.91 Å². The lowest BCUT2D eigenvalue weighted by Gasteiger charge is -2.17. The highest BCUT2D eigenvalue weighted by atomic mass is 32.2. The first kappa shape index (κ1) is 20.4. The third-order valence-electron chi connectivity index (χ3n) is 3.69. The maximum Gasteiger partial charge on any atom is 0.330 e. The Morgan fingerprint density at radius 3 is 2.22 bits per heavy atom. The minimum atomic E-state index is -3.83. The summed E-state index contributed by atoms with van der Waals surface area (Å²) in [4.78, 5) is 23.8. The van der Waals surface area contributed by atoms with Gasteiger partial charge in [-0.25, -0.2) is 13.2 Å². The maximum atomic E-state index is 12.6. The quantitative estimate of drug-likeness (QED) is 0.688. The number of ether oxygens (including phenoxy) is 2. The standard InChI is InChI=1S/C19H21NO6S/c1-14(21)20-18(19(22)26-12-15-6-4-3-5-7-15)13-27(23,24)17-10-8-16(25-2)9-11-17/h3-11,18H,12-13H2,1-2H3,(H,20,21). The van der Waals surface area contributed by atoms with Gasteiger partial charge >= 0.3 is 5.97 Å². The maximum absolute atomic E-state index is 12.6. The zero-order valence-corrected chi connectivity index (χ0v) is 15.9. The number of nitrogens with one attached hydrogen (secondary N) is 1. The molecule has 27 heavy (non-hydrogen) atoms. The summed E-state index contributed by atoms with van der Waals surface area (Å²) in [5.74, 6) is -1.44. The third-order valence-corrected chi connectivity index (χ3v) is 5.45. The number of sulfone groups is 1. The molecule has 2 aromatic rings. The van der Waals surface area contributed by atoms with Crippen LogP contribution in [0.15, 0.2) is 59.5 Å². The minimum absolute atomic E-state index is 0.0155. The van der Waals surface area contributed by atoms with E-state index in [2.05, 4.69) is 5.32 Å². The normalized spacial score (nSPS) is 12.1. The van der Waals surface area contributed by atoms with Crippen molar-refractivity contribution in [2.75, 3.05) is 12.9 Å². The number of hydrogen-bond donors (Lipinski definition) is 1. The zero-order valence-electron chi connectivity index (χ0n) is 15.0. The summed E-state index contributed by atoms with van der Waals surface area (Å²) < 4.78 is 35.4. The molecular formula is C19H21NO6S. The number of carbonyl (C=O) groups excluding carboxylic acids is 2. The van der Waals surface area contributed by atoms with Gasteiger partial charge in [-0.15, -0.1) is 0 Å². The number of hydrogen-bond acceptors (Lipinski definition) is 6. The molecule has 2 rings (SSSR count). The molecule has 2 aromatic carbocycles. The summed E-state index contributed by atoms with van der Waals surface area (Å²) in [6.07, 6.45) is 0. The van der Waals surface area contributed by atoms with E-state index in [-0.39, 0.29) is 11.5 Å². The summed E-state index contributed by atoms with van der Waals surface area (Å²) in [5, 5.41) is 2.35. The molecule has 1 N–H and O–H groups in total. The average Bonchev–Trinajstić information content (AvgIpc) is 2.66. The van der Waals surface area contributed by atoms with Gasteiger partial charge in [0, 0.05) is 6.92 Å². The molecule has 0 fully saturated rings. The number of rotatable bonds is 8. The van der Waals surface area contributed by atoms with Crippen molar-refractivity contribution in [1.82, 2.24) is 5.32 Å². The molecule has 0 saturated heterocycles. The minimum Gasteiger partial charge on any atom is -0.497 e. The van der Waals surface area contributed by atoms with Crippen LogP contribution in [0.25, 0.3) is 0 Å². The first-order valence-electron chi connectivity index (χ1n) is 8.16. The fourth-order valence-electron chi connectivity index (χ4n) is 2.34. The van der Waals surface area contributed by atoms with Crippen molar-refractivity contribution in [2.45, 2.75) is 24.5 Å². The number of esters is 1. The summed E-state index contributed by atoms with van der Waals surface area (Å²) in [6, 6.07) is 13.4. The monoisotopic (exact) mass is 391 g/mol. The van der Waals surface area contributed by atoms with Crippen molar-refractivity contribution in [1.29, 1.82) is 0 Å². The Labute approximate surface area is 158 Å². The molecule has 0 spiro atoms. The second kappa shape index (κ2) is 9.18. The summed E-state index contributed by atoms with van der Waals surface area (Å²) in [7, 11) is -2.36. The largest absolute Gasteiger partial charge is 0.497 e. The van der Waals surface area contributed by atoms with Crippen LogP contribution in [0, 0.1) is 0 Å². The van der Waals surface area contributed by atoms with Crippen LogP contribution >= 0.6 is 0 Å². The van der Waals surface area contributed by atoms with E-state index >= 15 is 0 Å². The van der Waals surface area contributed by atoms with Gasteiger partial charge in [-0.05, 0) is 29.8 Å². The lowest BCUT2D eigenvalue weighted by molar-refractivity contribution is -0.148. The molecule has 1 atom stereocenters. The van der Waals surface area contributed by atoms with Gasteiger partial charge in [0.05, 0.1) is 17.8 Å². The summed E-state index contributed by atoms with van der Waals surface area (Å²) in [6.45, 7) is 1.19. The predicted molar refractivity (Wildman–Crippen MR) is 98.9 cm³/mol. The first-order chi connectivity index (χ1) is 12.8. The highest BCUT2D eigenvalue weighted by Crippen LogP contribution is 2.17. The fraction of sp³-hybridized carbons (Fsp3) is 0.263. The highest BCUT2D eigenvalue weighted by molar-refractivity contribution is 7.91. The summed E-state index contributed by atoms with van der Waals surface area (Å²) in [5.41, 5.74) is 0.755. The molecule has 0 saturated carbocycles. The Kier molecular flexibility index (Phi) is 6.95. The van der Waals surface area contributed by atoms with Crippen LogP contribution in [0.5, 0.6) is 5.75 Å². The Bertz CT molecular complexity index is 878. The average molecular weight is 391 g/mol. The molecule has 1 unspecified atom stereocenters. The second-order valence-electron chi connectivity index (χ2n) is 5.80. The van der Waals surface area contributed by atoms with Gasteiger partial charge in [-0.2, -0.15) is 0 Å². The van der Waals surface area contributed by atoms with E-state index in [1.54, 1.807) is 24.3 Å². The van der Waals surface area contributed by atoms with Gasteiger partial charge in [-0.3, -0.25) is 4.79 Å². The molecular weight excluding hydrogens is 370 g/mol. The van der Waals surface area contributed by atoms with Gasteiger partial charge in [-0.1, -0.05) is 30.3 Å². The van der Waals surface area contributed by atoms with E-state index in [0.717, 1.165) is 5.56 Å². The van der Waals surface area contributed by atoms with Gasteiger partial charge in [0.1, 0.15) is 18.4 Å². The van der Waals surface area contributed by atoms with E-state index in [0.29, 0.717) is 5.75 Å². The summed E-state index contributed by atoms with van der Waals surface area (Å²) >= 11 is 0. The van der Waals surface area contributed by atoms with Crippen LogP contribution in [-0.4, -0.2) is 39.2 Å². The molecule has 1 amide bonds. The molecule has 0 aliphatic rings. The topological polar surface area (TPSA) is 98.8 Å². The highest BCUT2D eigenvalue weighted by Gasteiger charge is 2.29. The zero-order chi connectivity index (χ0) is 19.9. The molecule has 144 valence electrons. The van der Waals surface area contributed by atoms with Crippen LogP contribution in [0.1, 0.15) is 12.5 Å². The van der Waals surface area contributed by atoms with Crippen molar-refractivity contribution in [2.24, 2.45) is 0 Å². The van der Waals surface area contributed by atoms with Gasteiger partial charge in [0.25, 0.3) is 0 Å². The lowest BCUT2D eigenvalue weighted by Crippen LogP contribution is -2.45. The Hall–Kier alpha value is -2.87. The predicted octanol–water partition coefficient (Wildman–Crippen LogP) is 1.72. The third kappa shape index (κ3) is 6.10. The Morgan fingerprint density at radius 2 is 1.67 bits per heavy atom. The number of methoxy groups -OCH3 is 1. The van der Waals surface area contributed by atoms with Crippen LogP contribution < -0.4 is 10.1 Å². The van der Waals surface area contributed by atoms with E-state index in [1.165, 1.54) is 38.3 Å². The van der Waals surface area contributed by atoms with Crippen molar-refractivity contribution in [3.8, 4) is 5.75 Å². The van der Waals surface area contributed by atoms with Crippen molar-refractivity contribution in [3.05, 3.63) is 60.2 Å². The second-order valence-corrected chi connectivity index (χ2v) is 7.84. The molecule has 8 heteroatoms. The van der Waals surface area contributed by atoms with Crippen LogP contribution in [-0.2, 0) is 30.8 Å².